The summed E-state index contributed by atoms with van der Waals surface area (Å²) in [6, 6.07) is 14.8. The third-order valence-electron chi connectivity index (χ3n) is 5.23. The molecule has 0 aliphatic carbocycles. The lowest BCUT2D eigenvalue weighted by Gasteiger charge is -2.21. The van der Waals surface area contributed by atoms with Crippen molar-refractivity contribution in [2.45, 2.75) is 19.5 Å². The molecule has 1 saturated heterocycles. The largest absolute Gasteiger partial charge is 0.330 e. The van der Waals surface area contributed by atoms with Gasteiger partial charge in [-0.1, -0.05) is 18.2 Å². The minimum atomic E-state index is -3.20. The van der Waals surface area contributed by atoms with E-state index in [2.05, 4.69) is 9.97 Å². The van der Waals surface area contributed by atoms with Crippen LogP contribution in [-0.2, 0) is 27.9 Å². The Bertz CT molecular complexity index is 1140. The molecule has 32 heavy (non-hydrogen) atoms. The van der Waals surface area contributed by atoms with E-state index in [1.807, 2.05) is 36.4 Å². The molecule has 0 atom stereocenters. The molecule has 1 aromatic carbocycles. The fraction of sp³-hybridized carbons (Fsp3) is 0.208. The average molecular weight is 449 g/mol. The molecule has 1 aliphatic rings. The number of hydrogen-bond acceptors (Lipinski definition) is 5. The highest BCUT2D eigenvalue weighted by Crippen LogP contribution is 2.24. The first-order chi connectivity index (χ1) is 15.5. The van der Waals surface area contributed by atoms with E-state index in [4.69, 9.17) is 0 Å². The maximum Gasteiger partial charge on any atom is 0.247 e. The van der Waals surface area contributed by atoms with Gasteiger partial charge in [0.05, 0.1) is 11.4 Å². The Hall–Kier alpha value is -3.52. The first-order valence-corrected chi connectivity index (χ1v) is 12.0. The van der Waals surface area contributed by atoms with Gasteiger partial charge >= 0.3 is 0 Å². The summed E-state index contributed by atoms with van der Waals surface area (Å²) in [6.07, 6.45) is 10.8. The van der Waals surface area contributed by atoms with Crippen molar-refractivity contribution in [2.75, 3.05) is 16.6 Å². The van der Waals surface area contributed by atoms with Crippen LogP contribution < -0.4 is 4.31 Å². The predicted octanol–water partition coefficient (Wildman–Crippen LogP) is 3.26. The first kappa shape index (κ1) is 21.7. The van der Waals surface area contributed by atoms with Gasteiger partial charge in [-0.05, 0) is 59.5 Å². The van der Waals surface area contributed by atoms with Crippen molar-refractivity contribution < 1.29 is 13.2 Å². The van der Waals surface area contributed by atoms with Gasteiger partial charge in [0.15, 0.2) is 0 Å². The van der Waals surface area contributed by atoms with Crippen molar-refractivity contribution in [3.8, 4) is 0 Å². The van der Waals surface area contributed by atoms with Gasteiger partial charge in [0, 0.05) is 50.5 Å². The summed E-state index contributed by atoms with van der Waals surface area (Å²) in [7, 11) is -3.20. The summed E-state index contributed by atoms with van der Waals surface area (Å²) in [5, 5.41) is 0. The third-order valence-corrected chi connectivity index (χ3v) is 7.10. The monoisotopic (exact) mass is 448 g/mol. The molecule has 1 amide bonds. The Morgan fingerprint density at radius 3 is 2.38 bits per heavy atom. The zero-order valence-corrected chi connectivity index (χ0v) is 18.4. The Kier molecular flexibility index (Phi) is 6.61. The van der Waals surface area contributed by atoms with Crippen LogP contribution in [0.2, 0.25) is 0 Å². The van der Waals surface area contributed by atoms with Crippen molar-refractivity contribution in [1.29, 1.82) is 0 Å². The molecule has 0 bridgehead atoms. The van der Waals surface area contributed by atoms with Crippen molar-refractivity contribution in [3.05, 3.63) is 96.1 Å². The van der Waals surface area contributed by atoms with E-state index in [-0.39, 0.29) is 11.7 Å². The van der Waals surface area contributed by atoms with E-state index >= 15 is 0 Å². The van der Waals surface area contributed by atoms with Crippen molar-refractivity contribution in [2.24, 2.45) is 0 Å². The van der Waals surface area contributed by atoms with E-state index in [9.17, 15) is 13.2 Å². The number of benzene rings is 1. The minimum absolute atomic E-state index is 0.128. The summed E-state index contributed by atoms with van der Waals surface area (Å²) in [5.41, 5.74) is 3.41. The highest BCUT2D eigenvalue weighted by Gasteiger charge is 2.28. The molecule has 7 nitrogen and oxygen atoms in total. The van der Waals surface area contributed by atoms with E-state index in [1.165, 1.54) is 4.31 Å². The number of aromatic nitrogens is 2. The second-order valence-electron chi connectivity index (χ2n) is 7.58. The van der Waals surface area contributed by atoms with Gasteiger partial charge in [0.2, 0.25) is 15.9 Å². The molecule has 0 saturated carbocycles. The molecule has 1 fully saturated rings. The Morgan fingerprint density at radius 1 is 0.969 bits per heavy atom. The number of carbonyl (C=O) groups excluding carboxylic acids is 1. The van der Waals surface area contributed by atoms with Crippen molar-refractivity contribution in [1.82, 2.24) is 14.9 Å². The van der Waals surface area contributed by atoms with Crippen LogP contribution in [0.3, 0.4) is 0 Å². The number of hydrogen-bond donors (Lipinski definition) is 0. The van der Waals surface area contributed by atoms with Gasteiger partial charge < -0.3 is 4.90 Å². The maximum absolute atomic E-state index is 13.0. The number of anilines is 1. The fourth-order valence-electron chi connectivity index (χ4n) is 3.59. The Morgan fingerprint density at radius 2 is 1.72 bits per heavy atom. The number of nitrogens with zero attached hydrogens (tertiary/aromatic N) is 4. The van der Waals surface area contributed by atoms with E-state index in [0.29, 0.717) is 31.7 Å². The van der Waals surface area contributed by atoms with Gasteiger partial charge in [0.1, 0.15) is 0 Å². The number of pyridine rings is 2. The van der Waals surface area contributed by atoms with Crippen LogP contribution in [0.5, 0.6) is 0 Å². The maximum atomic E-state index is 13.0. The van der Waals surface area contributed by atoms with Crippen molar-refractivity contribution >= 4 is 27.7 Å². The summed E-state index contributed by atoms with van der Waals surface area (Å²) in [5.74, 6) is 0.0600. The number of carbonyl (C=O) groups is 1. The zero-order valence-electron chi connectivity index (χ0n) is 17.5. The first-order valence-electron chi connectivity index (χ1n) is 10.4. The quantitative estimate of drug-likeness (QED) is 0.518. The Balaban J connectivity index is 1.48. The Labute approximate surface area is 188 Å². The van der Waals surface area contributed by atoms with E-state index < -0.39 is 10.0 Å². The predicted molar refractivity (Wildman–Crippen MR) is 124 cm³/mol. The van der Waals surface area contributed by atoms with Crippen LogP contribution in [0.4, 0.5) is 5.69 Å². The molecule has 8 heteroatoms. The fourth-order valence-corrected chi connectivity index (χ4v) is 5.15. The molecule has 3 heterocycles. The van der Waals surface area contributed by atoms with Gasteiger partial charge in [-0.25, -0.2) is 8.42 Å². The molecule has 164 valence electrons. The SMILES string of the molecule is O=C(/C=C/c1ccc(N2CCCS2(=O)=O)cc1)N(Cc1ccncc1)Cc1cccnc1. The third kappa shape index (κ3) is 5.39. The molecular weight excluding hydrogens is 424 g/mol. The molecule has 4 rings (SSSR count). The number of amides is 1. The van der Waals surface area contributed by atoms with Crippen LogP contribution >= 0.6 is 0 Å². The molecule has 0 N–H and O–H groups in total. The molecule has 1 aliphatic heterocycles. The number of sulfonamides is 1. The topological polar surface area (TPSA) is 83.5 Å². The standard InChI is InChI=1S/C24H24N4O3S/c29-24(9-6-20-4-7-23(8-5-20)28-15-2-16-32(28,30)31)27(18-21-10-13-25-14-11-21)19-22-3-1-12-26-17-22/h1,3-14,17H,2,15-16,18-19H2/b9-6+. The molecule has 0 radical (unpaired) electrons. The lowest BCUT2D eigenvalue weighted by molar-refractivity contribution is -0.127. The lowest BCUT2D eigenvalue weighted by atomic mass is 10.1. The summed E-state index contributed by atoms with van der Waals surface area (Å²) in [6.45, 7) is 1.39. The minimum Gasteiger partial charge on any atom is -0.330 e. The molecule has 3 aromatic rings. The molecule has 2 aromatic heterocycles. The van der Waals surface area contributed by atoms with Gasteiger partial charge in [-0.15, -0.1) is 0 Å². The molecule has 0 unspecified atom stereocenters. The number of rotatable bonds is 7. The van der Waals surface area contributed by atoms with Crippen LogP contribution in [0.1, 0.15) is 23.1 Å². The summed E-state index contributed by atoms with van der Waals surface area (Å²) < 4.78 is 25.6. The van der Waals surface area contributed by atoms with Gasteiger partial charge in [0.25, 0.3) is 0 Å². The van der Waals surface area contributed by atoms with Crippen LogP contribution in [0.25, 0.3) is 6.08 Å². The molecular formula is C24H24N4O3S. The van der Waals surface area contributed by atoms with Crippen LogP contribution in [-0.4, -0.2) is 41.5 Å². The highest BCUT2D eigenvalue weighted by atomic mass is 32.2. The van der Waals surface area contributed by atoms with Crippen LogP contribution in [0.15, 0.2) is 79.4 Å². The second kappa shape index (κ2) is 9.74. The zero-order chi connectivity index (χ0) is 22.4. The lowest BCUT2D eigenvalue weighted by Crippen LogP contribution is -2.28. The van der Waals surface area contributed by atoms with Gasteiger partial charge in [-0.3, -0.25) is 19.1 Å². The van der Waals surface area contributed by atoms with Crippen LogP contribution in [0, 0.1) is 0 Å². The molecule has 0 spiro atoms. The second-order valence-corrected chi connectivity index (χ2v) is 9.59. The highest BCUT2D eigenvalue weighted by molar-refractivity contribution is 7.93. The normalized spacial score (nSPS) is 15.2. The average Bonchev–Trinajstić information content (AvgIpc) is 3.17. The smallest absolute Gasteiger partial charge is 0.247 e. The summed E-state index contributed by atoms with van der Waals surface area (Å²) in [4.78, 5) is 22.9. The van der Waals surface area contributed by atoms with Gasteiger partial charge in [-0.2, -0.15) is 0 Å². The van der Waals surface area contributed by atoms with E-state index in [1.54, 1.807) is 54.0 Å². The van der Waals surface area contributed by atoms with Crippen molar-refractivity contribution in [3.63, 3.8) is 0 Å². The van der Waals surface area contributed by atoms with E-state index in [0.717, 1.165) is 16.7 Å². The summed E-state index contributed by atoms with van der Waals surface area (Å²) >= 11 is 0.